The lowest BCUT2D eigenvalue weighted by Gasteiger charge is -2.28. The maximum atomic E-state index is 12.4. The lowest BCUT2D eigenvalue weighted by Crippen LogP contribution is -2.28. The molecule has 0 radical (unpaired) electrons. The molecule has 1 N–H and O–H groups in total. The summed E-state index contributed by atoms with van der Waals surface area (Å²) in [7, 11) is 0. The van der Waals surface area contributed by atoms with Crippen molar-refractivity contribution in [2.45, 2.75) is 46.6 Å². The Bertz CT molecular complexity index is 132. The average molecular weight is 180 g/mol. The number of aliphatic hydroxyl groups excluding tert-OH is 1. The molecule has 0 amide bonds. The smallest absolute Gasteiger partial charge is 0.243 e. The number of aliphatic hydroxyl groups is 1. The second kappa shape index (κ2) is 4.17. The minimum absolute atomic E-state index is 0.0750. The molecule has 2 atom stereocenters. The predicted octanol–water partition coefficient (Wildman–Crippen LogP) is 2.68. The van der Waals surface area contributed by atoms with Crippen LogP contribution in [0.1, 0.15) is 34.1 Å². The van der Waals surface area contributed by atoms with E-state index in [9.17, 15) is 8.78 Å². The molecule has 0 saturated carbocycles. The van der Waals surface area contributed by atoms with E-state index >= 15 is 0 Å². The fourth-order valence-corrected chi connectivity index (χ4v) is 1.09. The zero-order valence-corrected chi connectivity index (χ0v) is 8.14. The summed E-state index contributed by atoms with van der Waals surface area (Å²) in [5.41, 5.74) is -0.990. The minimum atomic E-state index is -2.32. The van der Waals surface area contributed by atoms with Crippen molar-refractivity contribution >= 4 is 0 Å². The van der Waals surface area contributed by atoms with E-state index in [-0.39, 0.29) is 5.92 Å². The molecule has 0 heterocycles. The van der Waals surface area contributed by atoms with Gasteiger partial charge in [0.2, 0.25) is 6.43 Å². The highest BCUT2D eigenvalue weighted by atomic mass is 19.3. The molecule has 0 saturated heterocycles. The van der Waals surface area contributed by atoms with Crippen LogP contribution in [0.3, 0.4) is 0 Å². The molecule has 74 valence electrons. The second-order valence-corrected chi connectivity index (χ2v) is 4.21. The van der Waals surface area contributed by atoms with Crippen LogP contribution < -0.4 is 0 Å². The van der Waals surface area contributed by atoms with Crippen LogP contribution >= 0.6 is 0 Å². The monoisotopic (exact) mass is 180 g/mol. The zero-order valence-electron chi connectivity index (χ0n) is 8.14. The standard InChI is InChI=1S/C9H18F2O/c1-6(7(2)12)5-9(3,4)8(10)11/h6-8,12H,5H2,1-4H3. The van der Waals surface area contributed by atoms with Gasteiger partial charge in [0.1, 0.15) is 0 Å². The topological polar surface area (TPSA) is 20.2 Å². The van der Waals surface area contributed by atoms with Crippen molar-refractivity contribution in [2.24, 2.45) is 11.3 Å². The first-order valence-corrected chi connectivity index (χ1v) is 4.23. The van der Waals surface area contributed by atoms with Crippen LogP contribution in [0.4, 0.5) is 8.78 Å². The van der Waals surface area contributed by atoms with E-state index in [4.69, 9.17) is 5.11 Å². The predicted molar refractivity (Wildman–Crippen MR) is 45.2 cm³/mol. The van der Waals surface area contributed by atoms with E-state index in [2.05, 4.69) is 0 Å². The molecule has 0 bridgehead atoms. The van der Waals surface area contributed by atoms with Crippen LogP contribution in [-0.4, -0.2) is 17.6 Å². The molecular weight excluding hydrogens is 162 g/mol. The Balaban J connectivity index is 4.05. The second-order valence-electron chi connectivity index (χ2n) is 4.21. The highest BCUT2D eigenvalue weighted by Crippen LogP contribution is 2.33. The molecule has 0 aromatic heterocycles. The van der Waals surface area contributed by atoms with E-state index < -0.39 is 17.9 Å². The van der Waals surface area contributed by atoms with E-state index in [0.717, 1.165) is 0 Å². The molecule has 0 spiro atoms. The van der Waals surface area contributed by atoms with Crippen molar-refractivity contribution < 1.29 is 13.9 Å². The van der Waals surface area contributed by atoms with Crippen LogP contribution in [0.25, 0.3) is 0 Å². The van der Waals surface area contributed by atoms with Crippen LogP contribution in [0.2, 0.25) is 0 Å². The lowest BCUT2D eigenvalue weighted by atomic mass is 9.82. The molecular formula is C9H18F2O. The summed E-state index contributed by atoms with van der Waals surface area (Å²) in [6, 6.07) is 0. The SMILES string of the molecule is CC(O)C(C)CC(C)(C)C(F)F. The molecule has 0 aromatic rings. The van der Waals surface area contributed by atoms with Crippen LogP contribution in [-0.2, 0) is 0 Å². The summed E-state index contributed by atoms with van der Waals surface area (Å²) in [5.74, 6) is -0.0750. The quantitative estimate of drug-likeness (QED) is 0.705. The van der Waals surface area contributed by atoms with Gasteiger partial charge in [-0.25, -0.2) is 8.78 Å². The van der Waals surface area contributed by atoms with Crippen molar-refractivity contribution in [3.63, 3.8) is 0 Å². The molecule has 0 fully saturated rings. The lowest BCUT2D eigenvalue weighted by molar-refractivity contribution is -0.00993. The summed E-state index contributed by atoms with van der Waals surface area (Å²) >= 11 is 0. The van der Waals surface area contributed by atoms with Gasteiger partial charge in [0.05, 0.1) is 6.10 Å². The number of halogens is 2. The molecule has 2 unspecified atom stereocenters. The highest BCUT2D eigenvalue weighted by molar-refractivity contribution is 4.75. The maximum Gasteiger partial charge on any atom is 0.243 e. The third-order valence-electron chi connectivity index (χ3n) is 2.26. The molecule has 12 heavy (non-hydrogen) atoms. The van der Waals surface area contributed by atoms with E-state index in [0.29, 0.717) is 6.42 Å². The number of rotatable bonds is 4. The van der Waals surface area contributed by atoms with Crippen LogP contribution in [0, 0.1) is 11.3 Å². The largest absolute Gasteiger partial charge is 0.393 e. The summed E-state index contributed by atoms with van der Waals surface area (Å²) in [6.45, 7) is 6.47. The summed E-state index contributed by atoms with van der Waals surface area (Å²) in [4.78, 5) is 0. The van der Waals surface area contributed by atoms with Gasteiger partial charge in [-0.3, -0.25) is 0 Å². The normalized spacial score (nSPS) is 18.0. The van der Waals surface area contributed by atoms with E-state index in [1.807, 2.05) is 0 Å². The molecule has 0 aliphatic rings. The van der Waals surface area contributed by atoms with Crippen molar-refractivity contribution in [3.8, 4) is 0 Å². The van der Waals surface area contributed by atoms with Gasteiger partial charge in [-0.1, -0.05) is 20.8 Å². The Kier molecular flexibility index (Phi) is 4.11. The van der Waals surface area contributed by atoms with Crippen molar-refractivity contribution in [1.29, 1.82) is 0 Å². The van der Waals surface area contributed by atoms with E-state index in [1.54, 1.807) is 13.8 Å². The van der Waals surface area contributed by atoms with Gasteiger partial charge in [-0.05, 0) is 19.3 Å². The highest BCUT2D eigenvalue weighted by Gasteiger charge is 2.32. The number of hydrogen-bond acceptors (Lipinski definition) is 1. The van der Waals surface area contributed by atoms with Gasteiger partial charge in [0.25, 0.3) is 0 Å². The summed E-state index contributed by atoms with van der Waals surface area (Å²) < 4.78 is 24.7. The molecule has 0 rings (SSSR count). The molecule has 0 aromatic carbocycles. The number of alkyl halides is 2. The first kappa shape index (κ1) is 11.8. The molecule has 0 aliphatic heterocycles. The maximum absolute atomic E-state index is 12.4. The van der Waals surface area contributed by atoms with Gasteiger partial charge < -0.3 is 5.11 Å². The van der Waals surface area contributed by atoms with Crippen LogP contribution in [0.5, 0.6) is 0 Å². The summed E-state index contributed by atoms with van der Waals surface area (Å²) in [6.07, 6.45) is -2.48. The molecule has 3 heteroatoms. The van der Waals surface area contributed by atoms with Crippen molar-refractivity contribution in [1.82, 2.24) is 0 Å². The summed E-state index contributed by atoms with van der Waals surface area (Å²) in [5, 5.41) is 9.12. The third-order valence-corrected chi connectivity index (χ3v) is 2.26. The van der Waals surface area contributed by atoms with Gasteiger partial charge >= 0.3 is 0 Å². The van der Waals surface area contributed by atoms with Crippen molar-refractivity contribution in [2.75, 3.05) is 0 Å². The Morgan fingerprint density at radius 2 is 1.67 bits per heavy atom. The van der Waals surface area contributed by atoms with Gasteiger partial charge in [0, 0.05) is 5.41 Å². The first-order valence-electron chi connectivity index (χ1n) is 4.23. The molecule has 1 nitrogen and oxygen atoms in total. The number of hydrogen-bond donors (Lipinski definition) is 1. The zero-order chi connectivity index (χ0) is 9.94. The Morgan fingerprint density at radius 3 is 1.92 bits per heavy atom. The van der Waals surface area contributed by atoms with Gasteiger partial charge in [-0.2, -0.15) is 0 Å². The Hall–Kier alpha value is -0.180. The first-order chi connectivity index (χ1) is 5.27. The van der Waals surface area contributed by atoms with Gasteiger partial charge in [0.15, 0.2) is 0 Å². The molecule has 0 aliphatic carbocycles. The van der Waals surface area contributed by atoms with E-state index in [1.165, 1.54) is 13.8 Å². The third kappa shape index (κ3) is 3.48. The van der Waals surface area contributed by atoms with Gasteiger partial charge in [-0.15, -0.1) is 0 Å². The van der Waals surface area contributed by atoms with Crippen molar-refractivity contribution in [3.05, 3.63) is 0 Å². The van der Waals surface area contributed by atoms with Crippen LogP contribution in [0.15, 0.2) is 0 Å². The Labute approximate surface area is 72.8 Å². The Morgan fingerprint density at radius 1 is 1.25 bits per heavy atom. The average Bonchev–Trinajstić information content (AvgIpc) is 1.85. The fraction of sp³-hybridized carbons (Fsp3) is 1.00. The fourth-order valence-electron chi connectivity index (χ4n) is 1.09. The minimum Gasteiger partial charge on any atom is -0.393 e.